The van der Waals surface area contributed by atoms with Gasteiger partial charge in [0.2, 0.25) is 11.8 Å². The molecule has 0 spiro atoms. The first-order valence-electron chi connectivity index (χ1n) is 13.6. The summed E-state index contributed by atoms with van der Waals surface area (Å²) in [4.78, 5) is 29.0. The second-order valence-corrected chi connectivity index (χ2v) is 13.7. The predicted octanol–water partition coefficient (Wildman–Crippen LogP) is 7.04. The minimum atomic E-state index is -4.19. The summed E-state index contributed by atoms with van der Waals surface area (Å²) in [6.45, 7) is 9.24. The Kier molecular flexibility index (Phi) is 11.7. The van der Waals surface area contributed by atoms with E-state index in [1.165, 1.54) is 17.0 Å². The zero-order chi connectivity index (χ0) is 31.2. The Balaban J connectivity index is 2.09. The molecule has 0 aliphatic heterocycles. The van der Waals surface area contributed by atoms with Crippen LogP contribution >= 0.6 is 34.8 Å². The maximum Gasteiger partial charge on any atom is 0.264 e. The molecule has 0 bridgehead atoms. The number of nitrogens with zero attached hydrogens (tertiary/aromatic N) is 2. The molecule has 1 atom stereocenters. The highest BCUT2D eigenvalue weighted by Gasteiger charge is 2.34. The normalized spacial score (nSPS) is 12.2. The van der Waals surface area contributed by atoms with Gasteiger partial charge < -0.3 is 10.2 Å². The van der Waals surface area contributed by atoms with E-state index in [0.717, 1.165) is 9.87 Å². The van der Waals surface area contributed by atoms with Gasteiger partial charge in [0.25, 0.3) is 10.0 Å². The molecular formula is C31H36Cl3N3O4S. The Morgan fingerprint density at radius 3 is 2.14 bits per heavy atom. The fourth-order valence-corrected chi connectivity index (χ4v) is 6.45. The van der Waals surface area contributed by atoms with Crippen LogP contribution in [-0.4, -0.2) is 44.3 Å². The number of sulfonamides is 1. The van der Waals surface area contributed by atoms with Crippen molar-refractivity contribution in [1.82, 2.24) is 10.2 Å². The Morgan fingerprint density at radius 2 is 1.57 bits per heavy atom. The number of rotatable bonds is 12. The van der Waals surface area contributed by atoms with Crippen LogP contribution in [0.4, 0.5) is 5.69 Å². The van der Waals surface area contributed by atoms with Crippen LogP contribution < -0.4 is 9.62 Å². The van der Waals surface area contributed by atoms with E-state index in [1.807, 2.05) is 20.8 Å². The number of carbonyl (C=O) groups excluding carboxylic acids is 2. The smallest absolute Gasteiger partial charge is 0.264 e. The summed E-state index contributed by atoms with van der Waals surface area (Å²) in [5.41, 5.74) is 2.41. The van der Waals surface area contributed by atoms with Crippen molar-refractivity contribution in [2.24, 2.45) is 5.92 Å². The van der Waals surface area contributed by atoms with Crippen LogP contribution in [-0.2, 0) is 26.2 Å². The lowest BCUT2D eigenvalue weighted by Crippen LogP contribution is -2.52. The number of nitrogens with one attached hydrogen (secondary N) is 1. The Morgan fingerprint density at radius 1 is 0.905 bits per heavy atom. The molecule has 0 heterocycles. The van der Waals surface area contributed by atoms with Gasteiger partial charge >= 0.3 is 0 Å². The Bertz CT molecular complexity index is 1530. The lowest BCUT2D eigenvalue weighted by molar-refractivity contribution is -0.140. The fraction of sp³-hybridized carbons (Fsp3) is 0.355. The second-order valence-electron chi connectivity index (χ2n) is 10.6. The van der Waals surface area contributed by atoms with E-state index in [0.29, 0.717) is 44.8 Å². The number of carbonyl (C=O) groups is 2. The number of aryl methyl sites for hydroxylation is 2. The SMILES string of the molecule is CC[C@H](C(=O)NCC(C)C)N(Cc1ccc(Cl)c(Cl)c1)C(=O)CN(c1ccc(Cl)cc1C)S(=O)(=O)c1ccc(C)cc1. The molecule has 0 aromatic heterocycles. The Labute approximate surface area is 263 Å². The number of hydrogen-bond donors (Lipinski definition) is 1. The van der Waals surface area contributed by atoms with Gasteiger partial charge in [-0.2, -0.15) is 0 Å². The van der Waals surface area contributed by atoms with Crippen molar-refractivity contribution in [3.63, 3.8) is 0 Å². The predicted molar refractivity (Wildman–Crippen MR) is 171 cm³/mol. The first-order chi connectivity index (χ1) is 19.7. The summed E-state index contributed by atoms with van der Waals surface area (Å²) in [5.74, 6) is -0.679. The average molecular weight is 653 g/mol. The largest absolute Gasteiger partial charge is 0.354 e. The monoisotopic (exact) mass is 651 g/mol. The summed E-state index contributed by atoms with van der Waals surface area (Å²) >= 11 is 18.5. The highest BCUT2D eigenvalue weighted by Crippen LogP contribution is 2.30. The lowest BCUT2D eigenvalue weighted by atomic mass is 10.1. The lowest BCUT2D eigenvalue weighted by Gasteiger charge is -2.33. The van der Waals surface area contributed by atoms with Gasteiger partial charge in [-0.1, -0.05) is 79.3 Å². The van der Waals surface area contributed by atoms with Gasteiger partial charge in [-0.15, -0.1) is 0 Å². The quantitative estimate of drug-likeness (QED) is 0.227. The summed E-state index contributed by atoms with van der Waals surface area (Å²) in [6, 6.07) is 15.3. The van der Waals surface area contributed by atoms with Gasteiger partial charge in [-0.3, -0.25) is 13.9 Å². The number of anilines is 1. The zero-order valence-electron chi connectivity index (χ0n) is 24.3. The molecule has 226 valence electrons. The van der Waals surface area contributed by atoms with Crippen molar-refractivity contribution in [3.8, 4) is 0 Å². The van der Waals surface area contributed by atoms with Crippen LogP contribution in [0, 0.1) is 19.8 Å². The maximum atomic E-state index is 14.2. The van der Waals surface area contributed by atoms with Crippen molar-refractivity contribution in [1.29, 1.82) is 0 Å². The molecule has 0 aliphatic carbocycles. The van der Waals surface area contributed by atoms with Crippen molar-refractivity contribution >= 4 is 62.3 Å². The van der Waals surface area contributed by atoms with Crippen LogP contribution in [0.5, 0.6) is 0 Å². The van der Waals surface area contributed by atoms with Gasteiger partial charge in [-0.25, -0.2) is 8.42 Å². The number of halogens is 3. The molecule has 3 aromatic carbocycles. The van der Waals surface area contributed by atoms with Gasteiger partial charge in [0.1, 0.15) is 12.6 Å². The molecule has 2 amide bonds. The van der Waals surface area contributed by atoms with Gasteiger partial charge in [0, 0.05) is 18.1 Å². The third kappa shape index (κ3) is 8.40. The standard InChI is InChI=1S/C31H36Cl3N3O4S/c1-6-28(31(39)35-17-20(2)3)36(18-23-9-13-26(33)27(34)16-23)30(38)19-37(29-14-10-24(32)15-22(29)5)42(40,41)25-11-7-21(4)8-12-25/h7-16,20,28H,6,17-19H2,1-5H3,(H,35,39)/t28-/m1/s1. The highest BCUT2D eigenvalue weighted by molar-refractivity contribution is 7.92. The van der Waals surface area contributed by atoms with Crippen molar-refractivity contribution in [3.05, 3.63) is 92.4 Å². The molecule has 7 nitrogen and oxygen atoms in total. The molecule has 1 N–H and O–H groups in total. The van der Waals surface area contributed by atoms with E-state index in [4.69, 9.17) is 34.8 Å². The zero-order valence-corrected chi connectivity index (χ0v) is 27.4. The third-order valence-corrected chi connectivity index (χ3v) is 9.47. The topological polar surface area (TPSA) is 86.8 Å². The van der Waals surface area contributed by atoms with E-state index in [-0.39, 0.29) is 23.3 Å². The van der Waals surface area contributed by atoms with Crippen LogP contribution in [0.2, 0.25) is 15.1 Å². The average Bonchev–Trinajstić information content (AvgIpc) is 2.92. The number of hydrogen-bond acceptors (Lipinski definition) is 4. The van der Waals surface area contributed by atoms with E-state index < -0.39 is 28.5 Å². The molecule has 0 unspecified atom stereocenters. The summed E-state index contributed by atoms with van der Waals surface area (Å²) in [5, 5.41) is 4.00. The minimum absolute atomic E-state index is 0.0152. The van der Waals surface area contributed by atoms with Crippen LogP contribution in [0.25, 0.3) is 0 Å². The molecule has 3 aromatic rings. The summed E-state index contributed by atoms with van der Waals surface area (Å²) < 4.78 is 29.2. The van der Waals surface area contributed by atoms with Gasteiger partial charge in [-0.05, 0) is 79.8 Å². The van der Waals surface area contributed by atoms with Crippen LogP contribution in [0.1, 0.15) is 43.9 Å². The second kappa shape index (κ2) is 14.6. The van der Waals surface area contributed by atoms with Crippen molar-refractivity contribution in [2.75, 3.05) is 17.4 Å². The number of amides is 2. The van der Waals surface area contributed by atoms with E-state index in [1.54, 1.807) is 62.4 Å². The molecule has 0 saturated heterocycles. The van der Waals surface area contributed by atoms with Gasteiger partial charge in [0.15, 0.2) is 0 Å². The Hall–Kier alpha value is -2.78. The summed E-state index contributed by atoms with van der Waals surface area (Å²) in [6.07, 6.45) is 0.307. The minimum Gasteiger partial charge on any atom is -0.354 e. The first-order valence-corrected chi connectivity index (χ1v) is 16.2. The number of benzene rings is 3. The molecule has 0 saturated carbocycles. The molecule has 0 radical (unpaired) electrons. The highest BCUT2D eigenvalue weighted by atomic mass is 35.5. The molecule has 11 heteroatoms. The molecule has 42 heavy (non-hydrogen) atoms. The van der Waals surface area contributed by atoms with E-state index in [2.05, 4.69) is 5.32 Å². The van der Waals surface area contributed by atoms with Crippen LogP contribution in [0.3, 0.4) is 0 Å². The molecule has 0 fully saturated rings. The van der Waals surface area contributed by atoms with Gasteiger partial charge in [0.05, 0.1) is 20.6 Å². The van der Waals surface area contributed by atoms with Crippen LogP contribution in [0.15, 0.2) is 65.6 Å². The molecule has 0 aliphatic rings. The van der Waals surface area contributed by atoms with Crippen molar-refractivity contribution in [2.45, 2.75) is 58.5 Å². The van der Waals surface area contributed by atoms with E-state index in [9.17, 15) is 18.0 Å². The van der Waals surface area contributed by atoms with E-state index >= 15 is 0 Å². The first kappa shape index (κ1) is 33.7. The fourth-order valence-electron chi connectivity index (χ4n) is 4.43. The maximum absolute atomic E-state index is 14.2. The van der Waals surface area contributed by atoms with Crippen molar-refractivity contribution < 1.29 is 18.0 Å². The third-order valence-electron chi connectivity index (χ3n) is 6.72. The molecular weight excluding hydrogens is 617 g/mol. The molecule has 3 rings (SSSR count). The summed E-state index contributed by atoms with van der Waals surface area (Å²) in [7, 11) is -4.19.